The molecule has 0 heterocycles. The molecule has 2 rings (SSSR count). The number of rotatable bonds is 5. The predicted octanol–water partition coefficient (Wildman–Crippen LogP) is 4.89. The Morgan fingerprint density at radius 2 is 1.65 bits per heavy atom. The molecule has 0 saturated carbocycles. The van der Waals surface area contributed by atoms with E-state index in [2.05, 4.69) is 6.58 Å². The number of methoxy groups -OCH3 is 1. The van der Waals surface area contributed by atoms with E-state index in [-0.39, 0.29) is 5.56 Å². The fourth-order valence-corrected chi connectivity index (χ4v) is 1.98. The molecular weight excluding hydrogens is 258 g/mol. The number of allylic oxidation sites excluding steroid dienone is 1. The van der Waals surface area contributed by atoms with Crippen LogP contribution in [0.25, 0.3) is 5.57 Å². The Morgan fingerprint density at radius 3 is 2.20 bits per heavy atom. The molecule has 0 aliphatic carbocycles. The Balaban J connectivity index is 2.15. The number of hydrogen-bond acceptors (Lipinski definition) is 1. The van der Waals surface area contributed by atoms with Gasteiger partial charge in [0.2, 0.25) is 0 Å². The average molecular weight is 274 g/mol. The maximum atomic E-state index is 14.2. The fraction of sp³-hybridized carbons (Fsp3) is 0.176. The van der Waals surface area contributed by atoms with Crippen LogP contribution in [0.1, 0.15) is 17.5 Å². The zero-order valence-electron chi connectivity index (χ0n) is 11.3. The number of halogens is 2. The van der Waals surface area contributed by atoms with Crippen LogP contribution in [0.4, 0.5) is 8.78 Å². The third-order valence-electron chi connectivity index (χ3n) is 3.13. The minimum absolute atomic E-state index is 0.0321. The molecular formula is C17H16F2O. The number of ether oxygens (including phenoxy) is 1. The van der Waals surface area contributed by atoms with Crippen LogP contribution in [0.15, 0.2) is 61.2 Å². The second kappa shape index (κ2) is 5.87. The van der Waals surface area contributed by atoms with E-state index in [1.54, 1.807) is 12.1 Å². The van der Waals surface area contributed by atoms with Crippen LogP contribution in [0, 0.1) is 0 Å². The molecule has 0 atom stereocenters. The van der Waals surface area contributed by atoms with E-state index in [1.807, 2.05) is 18.2 Å². The predicted molar refractivity (Wildman–Crippen MR) is 77.0 cm³/mol. The van der Waals surface area contributed by atoms with Gasteiger partial charge in [0.15, 0.2) is 0 Å². The van der Waals surface area contributed by atoms with E-state index in [1.165, 1.54) is 31.4 Å². The maximum absolute atomic E-state index is 14.2. The molecule has 0 fully saturated rings. The third-order valence-corrected chi connectivity index (χ3v) is 3.13. The van der Waals surface area contributed by atoms with Gasteiger partial charge in [-0.1, -0.05) is 36.9 Å². The zero-order chi connectivity index (χ0) is 14.6. The molecule has 0 radical (unpaired) electrons. The Morgan fingerprint density at radius 1 is 1.05 bits per heavy atom. The lowest BCUT2D eigenvalue weighted by Gasteiger charge is -2.18. The van der Waals surface area contributed by atoms with Gasteiger partial charge in [0.05, 0.1) is 7.11 Å². The topological polar surface area (TPSA) is 9.23 Å². The summed E-state index contributed by atoms with van der Waals surface area (Å²) in [6.07, 6.45) is -0.399. The Bertz CT molecular complexity index is 574. The van der Waals surface area contributed by atoms with Gasteiger partial charge < -0.3 is 4.74 Å². The Labute approximate surface area is 117 Å². The normalized spacial score (nSPS) is 11.2. The van der Waals surface area contributed by atoms with Crippen LogP contribution in [-0.4, -0.2) is 7.11 Å². The summed E-state index contributed by atoms with van der Waals surface area (Å²) in [5.74, 6) is -2.38. The van der Waals surface area contributed by atoms with Gasteiger partial charge in [0, 0.05) is 12.0 Å². The molecule has 0 amide bonds. The lowest BCUT2D eigenvalue weighted by atomic mass is 9.96. The summed E-state index contributed by atoms with van der Waals surface area (Å²) in [4.78, 5) is 0. The minimum atomic E-state index is -2.95. The van der Waals surface area contributed by atoms with Gasteiger partial charge in [-0.25, -0.2) is 8.78 Å². The van der Waals surface area contributed by atoms with Crippen molar-refractivity contribution in [2.24, 2.45) is 0 Å². The van der Waals surface area contributed by atoms with Gasteiger partial charge in [-0.15, -0.1) is 0 Å². The van der Waals surface area contributed by atoms with E-state index in [9.17, 15) is 8.78 Å². The van der Waals surface area contributed by atoms with E-state index < -0.39 is 12.3 Å². The van der Waals surface area contributed by atoms with E-state index >= 15 is 0 Å². The standard InChI is InChI=1S/C17H16F2O/c1-13(14-6-4-3-5-7-14)12-17(18,19)15-8-10-16(20-2)11-9-15/h3-11H,1,12H2,2H3. The minimum Gasteiger partial charge on any atom is -0.497 e. The van der Waals surface area contributed by atoms with Crippen molar-refractivity contribution in [3.63, 3.8) is 0 Å². The second-order valence-corrected chi connectivity index (χ2v) is 4.58. The first kappa shape index (κ1) is 14.3. The molecule has 0 aliphatic rings. The lowest BCUT2D eigenvalue weighted by Crippen LogP contribution is -2.13. The molecule has 104 valence electrons. The van der Waals surface area contributed by atoms with Crippen LogP contribution in [0.5, 0.6) is 5.75 Å². The summed E-state index contributed by atoms with van der Waals surface area (Å²) >= 11 is 0. The molecule has 1 nitrogen and oxygen atoms in total. The van der Waals surface area contributed by atoms with Crippen molar-refractivity contribution < 1.29 is 13.5 Å². The summed E-state index contributed by atoms with van der Waals surface area (Å²) in [5, 5.41) is 0. The fourth-order valence-electron chi connectivity index (χ4n) is 1.98. The van der Waals surface area contributed by atoms with Crippen LogP contribution in [-0.2, 0) is 5.92 Å². The van der Waals surface area contributed by atoms with E-state index in [0.717, 1.165) is 5.56 Å². The smallest absolute Gasteiger partial charge is 0.277 e. The van der Waals surface area contributed by atoms with Crippen molar-refractivity contribution in [1.82, 2.24) is 0 Å². The maximum Gasteiger partial charge on any atom is 0.277 e. The van der Waals surface area contributed by atoms with Crippen LogP contribution >= 0.6 is 0 Å². The SMILES string of the molecule is C=C(CC(F)(F)c1ccc(OC)cc1)c1ccccc1. The molecule has 0 N–H and O–H groups in total. The van der Waals surface area contributed by atoms with Gasteiger partial charge in [0.1, 0.15) is 5.75 Å². The molecule has 3 heteroatoms. The molecule has 20 heavy (non-hydrogen) atoms. The van der Waals surface area contributed by atoms with Gasteiger partial charge in [-0.05, 0) is 35.4 Å². The quantitative estimate of drug-likeness (QED) is 0.754. The van der Waals surface area contributed by atoms with Gasteiger partial charge in [-0.2, -0.15) is 0 Å². The highest BCUT2D eigenvalue weighted by molar-refractivity contribution is 5.64. The second-order valence-electron chi connectivity index (χ2n) is 4.58. The highest BCUT2D eigenvalue weighted by Gasteiger charge is 2.32. The Hall–Kier alpha value is -2.16. The molecule has 2 aromatic rings. The van der Waals surface area contributed by atoms with Crippen molar-refractivity contribution in [2.45, 2.75) is 12.3 Å². The summed E-state index contributed by atoms with van der Waals surface area (Å²) < 4.78 is 33.4. The van der Waals surface area contributed by atoms with Crippen LogP contribution in [0.3, 0.4) is 0 Å². The lowest BCUT2D eigenvalue weighted by molar-refractivity contribution is 0.00161. The van der Waals surface area contributed by atoms with Crippen molar-refractivity contribution in [2.75, 3.05) is 7.11 Å². The van der Waals surface area contributed by atoms with E-state index in [4.69, 9.17) is 4.74 Å². The third kappa shape index (κ3) is 3.23. The van der Waals surface area contributed by atoms with Crippen molar-refractivity contribution >= 4 is 5.57 Å². The van der Waals surface area contributed by atoms with Crippen molar-refractivity contribution in [1.29, 1.82) is 0 Å². The highest BCUT2D eigenvalue weighted by atomic mass is 19.3. The average Bonchev–Trinajstić information content (AvgIpc) is 2.48. The largest absolute Gasteiger partial charge is 0.497 e. The molecule has 0 bridgehead atoms. The number of hydrogen-bond donors (Lipinski definition) is 0. The summed E-state index contributed by atoms with van der Waals surface area (Å²) in [6, 6.07) is 14.9. The molecule has 0 saturated heterocycles. The summed E-state index contributed by atoms with van der Waals surface area (Å²) in [5.41, 5.74) is 1.13. The highest BCUT2D eigenvalue weighted by Crippen LogP contribution is 2.37. The number of alkyl halides is 2. The molecule has 0 aromatic heterocycles. The molecule has 0 spiro atoms. The zero-order valence-corrected chi connectivity index (χ0v) is 11.3. The van der Waals surface area contributed by atoms with Gasteiger partial charge in [-0.3, -0.25) is 0 Å². The molecule has 2 aromatic carbocycles. The summed E-state index contributed by atoms with van der Waals surface area (Å²) in [7, 11) is 1.50. The monoisotopic (exact) mass is 274 g/mol. The van der Waals surface area contributed by atoms with Gasteiger partial charge >= 0.3 is 0 Å². The van der Waals surface area contributed by atoms with Crippen LogP contribution < -0.4 is 4.74 Å². The van der Waals surface area contributed by atoms with Gasteiger partial charge in [0.25, 0.3) is 5.92 Å². The van der Waals surface area contributed by atoms with E-state index in [0.29, 0.717) is 11.3 Å². The van der Waals surface area contributed by atoms with Crippen molar-refractivity contribution in [3.8, 4) is 5.75 Å². The van der Waals surface area contributed by atoms with Crippen LogP contribution in [0.2, 0.25) is 0 Å². The first-order chi connectivity index (χ1) is 9.53. The number of benzene rings is 2. The van der Waals surface area contributed by atoms with Crippen molar-refractivity contribution in [3.05, 3.63) is 72.3 Å². The molecule has 0 unspecified atom stereocenters. The first-order valence-corrected chi connectivity index (χ1v) is 6.28. The summed E-state index contributed by atoms with van der Waals surface area (Å²) in [6.45, 7) is 3.76. The molecule has 0 aliphatic heterocycles. The first-order valence-electron chi connectivity index (χ1n) is 6.28. The Kier molecular flexibility index (Phi) is 4.18.